The number of hydrogen-bond donors (Lipinski definition) is 1. The molecule has 0 aromatic heterocycles. The van der Waals surface area contributed by atoms with Crippen LogP contribution in [0.15, 0.2) is 23.1 Å². The summed E-state index contributed by atoms with van der Waals surface area (Å²) in [6, 6.07) is 6.26. The first-order chi connectivity index (χ1) is 8.55. The van der Waals surface area contributed by atoms with Gasteiger partial charge in [0.15, 0.2) is 0 Å². The Morgan fingerprint density at radius 1 is 1.22 bits per heavy atom. The van der Waals surface area contributed by atoms with Gasteiger partial charge < -0.3 is 5.73 Å². The Bertz CT molecular complexity index is 584. The lowest BCUT2D eigenvalue weighted by Crippen LogP contribution is -2.36. The van der Waals surface area contributed by atoms with E-state index in [1.807, 2.05) is 6.07 Å². The molecule has 5 nitrogen and oxygen atoms in total. The van der Waals surface area contributed by atoms with Crippen LogP contribution in [-0.2, 0) is 10.0 Å². The molecule has 2 N–H and O–H groups in total. The average Bonchev–Trinajstić information content (AvgIpc) is 2.39. The molecule has 2 rings (SSSR count). The monoisotopic (exact) mass is 265 g/mol. The zero-order valence-electron chi connectivity index (χ0n) is 9.96. The van der Waals surface area contributed by atoms with Crippen molar-refractivity contribution in [2.24, 2.45) is 0 Å². The number of benzene rings is 1. The second-order valence-corrected chi connectivity index (χ2v) is 6.24. The van der Waals surface area contributed by atoms with Gasteiger partial charge in [0.2, 0.25) is 10.0 Å². The molecule has 1 saturated heterocycles. The number of piperidine rings is 1. The summed E-state index contributed by atoms with van der Waals surface area (Å²) in [5.74, 6) is 0. The average molecular weight is 265 g/mol. The number of nitrogen functional groups attached to an aromatic ring is 1. The van der Waals surface area contributed by atoms with Gasteiger partial charge in [-0.15, -0.1) is 0 Å². The molecule has 6 heteroatoms. The summed E-state index contributed by atoms with van der Waals surface area (Å²) in [6.07, 6.45) is 2.78. The highest BCUT2D eigenvalue weighted by Crippen LogP contribution is 2.24. The summed E-state index contributed by atoms with van der Waals surface area (Å²) < 4.78 is 26.3. The molecule has 96 valence electrons. The first-order valence-corrected chi connectivity index (χ1v) is 7.29. The van der Waals surface area contributed by atoms with E-state index in [2.05, 4.69) is 0 Å². The van der Waals surface area contributed by atoms with E-state index in [0.29, 0.717) is 18.8 Å². The second kappa shape index (κ2) is 4.96. The minimum atomic E-state index is -3.60. The van der Waals surface area contributed by atoms with Crippen LogP contribution < -0.4 is 5.73 Å². The van der Waals surface area contributed by atoms with Crippen LogP contribution in [0.3, 0.4) is 0 Å². The van der Waals surface area contributed by atoms with Crippen molar-refractivity contribution in [3.8, 4) is 6.07 Å². The molecule has 1 aliphatic heterocycles. The third kappa shape index (κ3) is 2.33. The van der Waals surface area contributed by atoms with Gasteiger partial charge in [-0.2, -0.15) is 9.57 Å². The number of hydrogen-bond acceptors (Lipinski definition) is 4. The minimum absolute atomic E-state index is 0.0203. The van der Waals surface area contributed by atoms with E-state index in [-0.39, 0.29) is 10.5 Å². The van der Waals surface area contributed by atoms with Crippen LogP contribution >= 0.6 is 0 Å². The van der Waals surface area contributed by atoms with E-state index in [0.717, 1.165) is 19.3 Å². The maximum absolute atomic E-state index is 12.4. The van der Waals surface area contributed by atoms with Gasteiger partial charge >= 0.3 is 0 Å². The molecule has 1 fully saturated rings. The maximum Gasteiger partial charge on any atom is 0.244 e. The van der Waals surface area contributed by atoms with E-state index in [1.165, 1.54) is 22.5 Å². The van der Waals surface area contributed by atoms with Crippen LogP contribution in [0.5, 0.6) is 0 Å². The molecule has 0 atom stereocenters. The molecular formula is C12H15N3O2S. The van der Waals surface area contributed by atoms with Gasteiger partial charge in [0.05, 0.1) is 5.56 Å². The van der Waals surface area contributed by atoms with Crippen molar-refractivity contribution < 1.29 is 8.42 Å². The lowest BCUT2D eigenvalue weighted by atomic mass is 10.2. The molecule has 0 saturated carbocycles. The Morgan fingerprint density at radius 3 is 2.50 bits per heavy atom. The molecule has 0 spiro atoms. The number of rotatable bonds is 2. The summed E-state index contributed by atoms with van der Waals surface area (Å²) in [7, 11) is -3.60. The smallest absolute Gasteiger partial charge is 0.244 e. The van der Waals surface area contributed by atoms with Crippen molar-refractivity contribution in [1.29, 1.82) is 5.26 Å². The van der Waals surface area contributed by atoms with Crippen LogP contribution in [0, 0.1) is 11.3 Å². The molecule has 0 bridgehead atoms. The van der Waals surface area contributed by atoms with E-state index >= 15 is 0 Å². The van der Waals surface area contributed by atoms with Gasteiger partial charge in [0.25, 0.3) is 0 Å². The van der Waals surface area contributed by atoms with Gasteiger partial charge in [-0.1, -0.05) is 6.42 Å². The highest BCUT2D eigenvalue weighted by Gasteiger charge is 2.28. The van der Waals surface area contributed by atoms with E-state index < -0.39 is 10.0 Å². The van der Waals surface area contributed by atoms with E-state index in [9.17, 15) is 8.42 Å². The molecule has 1 aliphatic rings. The van der Waals surface area contributed by atoms with Crippen LogP contribution in [-0.4, -0.2) is 25.8 Å². The third-order valence-corrected chi connectivity index (χ3v) is 5.00. The Kier molecular flexibility index (Phi) is 3.55. The van der Waals surface area contributed by atoms with Crippen molar-refractivity contribution in [2.45, 2.75) is 24.2 Å². The summed E-state index contributed by atoms with van der Waals surface area (Å²) in [5, 5.41) is 9.00. The highest BCUT2D eigenvalue weighted by atomic mass is 32.2. The van der Waals surface area contributed by atoms with Gasteiger partial charge in [0.1, 0.15) is 11.0 Å². The van der Waals surface area contributed by atoms with Crippen LogP contribution in [0.25, 0.3) is 0 Å². The molecule has 18 heavy (non-hydrogen) atoms. The largest absolute Gasteiger partial charge is 0.399 e. The molecule has 1 aromatic carbocycles. The number of nitrogens with zero attached hydrogens (tertiary/aromatic N) is 2. The second-order valence-electron chi connectivity index (χ2n) is 4.33. The Hall–Kier alpha value is -1.58. The first-order valence-electron chi connectivity index (χ1n) is 5.85. The fourth-order valence-corrected chi connectivity index (χ4v) is 3.78. The standard InChI is InChI=1S/C12H15N3O2S/c13-9-10-4-5-11(14)8-12(10)18(16,17)15-6-2-1-3-7-15/h4-5,8H,1-3,6-7,14H2. The van der Waals surface area contributed by atoms with Gasteiger partial charge in [-0.05, 0) is 31.0 Å². The van der Waals surface area contributed by atoms with Crippen molar-refractivity contribution in [3.63, 3.8) is 0 Å². The molecule has 1 aromatic rings. The zero-order chi connectivity index (χ0) is 13.2. The fraction of sp³-hybridized carbons (Fsp3) is 0.417. The Labute approximate surface area is 107 Å². The predicted octanol–water partition coefficient (Wildman–Crippen LogP) is 1.32. The quantitative estimate of drug-likeness (QED) is 0.817. The summed E-state index contributed by atoms with van der Waals surface area (Å²) >= 11 is 0. The SMILES string of the molecule is N#Cc1ccc(N)cc1S(=O)(=O)N1CCCCC1. The molecule has 0 radical (unpaired) electrons. The molecule has 0 unspecified atom stereocenters. The van der Waals surface area contributed by atoms with E-state index in [1.54, 1.807) is 0 Å². The Balaban J connectivity index is 2.46. The van der Waals surface area contributed by atoms with Crippen molar-refractivity contribution in [3.05, 3.63) is 23.8 Å². The predicted molar refractivity (Wildman–Crippen MR) is 68.2 cm³/mol. The normalized spacial score (nSPS) is 17.3. The summed E-state index contributed by atoms with van der Waals surface area (Å²) in [5.41, 5.74) is 6.12. The van der Waals surface area contributed by atoms with Crippen LogP contribution in [0.4, 0.5) is 5.69 Å². The number of anilines is 1. The number of nitriles is 1. The van der Waals surface area contributed by atoms with Crippen LogP contribution in [0.2, 0.25) is 0 Å². The summed E-state index contributed by atoms with van der Waals surface area (Å²) in [6.45, 7) is 1.03. The lowest BCUT2D eigenvalue weighted by molar-refractivity contribution is 0.346. The molecule has 0 aliphatic carbocycles. The van der Waals surface area contributed by atoms with Crippen LogP contribution in [0.1, 0.15) is 24.8 Å². The first kappa shape index (κ1) is 12.9. The third-order valence-electron chi connectivity index (χ3n) is 3.06. The lowest BCUT2D eigenvalue weighted by Gasteiger charge is -2.26. The number of sulfonamides is 1. The summed E-state index contributed by atoms with van der Waals surface area (Å²) in [4.78, 5) is 0.0203. The highest BCUT2D eigenvalue weighted by molar-refractivity contribution is 7.89. The van der Waals surface area contributed by atoms with Crippen molar-refractivity contribution in [2.75, 3.05) is 18.8 Å². The van der Waals surface area contributed by atoms with Gasteiger partial charge in [-0.25, -0.2) is 8.42 Å². The van der Waals surface area contributed by atoms with Gasteiger partial charge in [0, 0.05) is 18.8 Å². The van der Waals surface area contributed by atoms with Gasteiger partial charge in [-0.3, -0.25) is 0 Å². The maximum atomic E-state index is 12.4. The minimum Gasteiger partial charge on any atom is -0.399 e. The molecule has 1 heterocycles. The molecule has 0 amide bonds. The fourth-order valence-electron chi connectivity index (χ4n) is 2.09. The van der Waals surface area contributed by atoms with E-state index in [4.69, 9.17) is 11.0 Å². The van der Waals surface area contributed by atoms with Crippen molar-refractivity contribution in [1.82, 2.24) is 4.31 Å². The zero-order valence-corrected chi connectivity index (χ0v) is 10.8. The number of nitrogens with two attached hydrogens (primary N) is 1. The van der Waals surface area contributed by atoms with Crippen molar-refractivity contribution >= 4 is 15.7 Å². The topological polar surface area (TPSA) is 87.2 Å². The Morgan fingerprint density at radius 2 is 1.89 bits per heavy atom. The molecular weight excluding hydrogens is 250 g/mol.